The Labute approximate surface area is 240 Å². The van der Waals surface area contributed by atoms with Crippen LogP contribution in [0, 0.1) is 0 Å². The number of rotatable bonds is 6. The number of carbonyl (C=O) groups is 2. The highest BCUT2D eigenvalue weighted by Gasteiger charge is 2.30. The van der Waals surface area contributed by atoms with Gasteiger partial charge in [-0.15, -0.1) is 23.1 Å². The molecule has 8 nitrogen and oxygen atoms in total. The first kappa shape index (κ1) is 27.2. The number of hydrogen-bond donors (Lipinski definition) is 0. The van der Waals surface area contributed by atoms with Gasteiger partial charge in [0.05, 0.1) is 26.3 Å². The lowest BCUT2D eigenvalue weighted by atomic mass is 9.97. The van der Waals surface area contributed by atoms with E-state index in [9.17, 15) is 9.59 Å². The summed E-state index contributed by atoms with van der Waals surface area (Å²) in [6.07, 6.45) is 6.55. The summed E-state index contributed by atoms with van der Waals surface area (Å²) in [5, 5.41) is 4.64. The maximum atomic E-state index is 13.2. The molecule has 2 fully saturated rings. The van der Waals surface area contributed by atoms with Crippen molar-refractivity contribution in [2.24, 2.45) is 0 Å². The third-order valence-electron chi connectivity index (χ3n) is 6.87. The average molecular weight is 592 g/mol. The molecule has 0 saturated carbocycles. The van der Waals surface area contributed by atoms with Crippen molar-refractivity contribution in [1.82, 2.24) is 24.8 Å². The average Bonchev–Trinajstić information content (AvgIpc) is 3.44. The summed E-state index contributed by atoms with van der Waals surface area (Å²) >= 11 is 15.7. The quantitative estimate of drug-likeness (QED) is 0.358. The molecule has 2 saturated heterocycles. The number of thioether (sulfide) groups is 1. The maximum Gasteiger partial charge on any atom is 0.273 e. The highest BCUT2D eigenvalue weighted by molar-refractivity contribution is 7.99. The molecular formula is C26H28Cl2N6O2S2. The Kier molecular flexibility index (Phi) is 8.72. The summed E-state index contributed by atoms with van der Waals surface area (Å²) < 4.78 is 0. The fraction of sp³-hybridized carbons (Fsp3) is 0.423. The molecule has 0 aromatic carbocycles. The molecule has 0 unspecified atom stereocenters. The van der Waals surface area contributed by atoms with Crippen LogP contribution in [-0.2, 0) is 0 Å². The number of halogens is 2. The third-order valence-corrected chi connectivity index (χ3v) is 9.31. The molecule has 0 aliphatic carbocycles. The summed E-state index contributed by atoms with van der Waals surface area (Å²) in [7, 11) is 0. The molecular weight excluding hydrogens is 563 g/mol. The number of nitrogens with zero attached hydrogens (tertiary/aromatic N) is 6. The molecule has 0 spiro atoms. The van der Waals surface area contributed by atoms with Crippen molar-refractivity contribution in [3.8, 4) is 0 Å². The van der Waals surface area contributed by atoms with Gasteiger partial charge in [-0.25, -0.2) is 9.97 Å². The van der Waals surface area contributed by atoms with Crippen molar-refractivity contribution in [1.29, 1.82) is 0 Å². The van der Waals surface area contributed by atoms with Crippen LogP contribution in [0.1, 0.15) is 51.5 Å². The third kappa shape index (κ3) is 5.78. The second kappa shape index (κ2) is 12.2. The number of anilines is 1. The molecule has 38 heavy (non-hydrogen) atoms. The SMILES string of the molecule is CCSc1ncccc1C(=O)N1CCC(c2nc(C(=O)N3CCN(c4c(Cl)cncc4Cl)CC3)cs2)CC1. The van der Waals surface area contributed by atoms with Crippen LogP contribution in [0.5, 0.6) is 0 Å². The van der Waals surface area contributed by atoms with Crippen LogP contribution in [0.25, 0.3) is 0 Å². The predicted molar refractivity (Wildman–Crippen MR) is 153 cm³/mol. The number of pyridine rings is 2. The molecule has 12 heteroatoms. The van der Waals surface area contributed by atoms with Crippen LogP contribution < -0.4 is 4.90 Å². The Balaban J connectivity index is 1.16. The molecule has 0 N–H and O–H groups in total. The second-order valence-corrected chi connectivity index (χ2v) is 12.1. The van der Waals surface area contributed by atoms with Gasteiger partial charge in [0.15, 0.2) is 0 Å². The summed E-state index contributed by atoms with van der Waals surface area (Å²) in [5.74, 6) is 1.10. The molecule has 0 atom stereocenters. The van der Waals surface area contributed by atoms with E-state index in [-0.39, 0.29) is 17.7 Å². The maximum absolute atomic E-state index is 13.2. The minimum Gasteiger partial charge on any atom is -0.365 e. The Morgan fingerprint density at radius 2 is 1.71 bits per heavy atom. The zero-order valence-corrected chi connectivity index (χ0v) is 24.1. The van der Waals surface area contributed by atoms with E-state index < -0.39 is 0 Å². The topological polar surface area (TPSA) is 82.5 Å². The van der Waals surface area contributed by atoms with E-state index in [1.165, 1.54) is 11.3 Å². The van der Waals surface area contributed by atoms with Gasteiger partial charge < -0.3 is 14.7 Å². The van der Waals surface area contributed by atoms with Crippen LogP contribution in [-0.4, -0.2) is 81.6 Å². The first-order valence-electron chi connectivity index (χ1n) is 12.6. The number of amides is 2. The van der Waals surface area contributed by atoms with Gasteiger partial charge >= 0.3 is 0 Å². The molecule has 2 aliphatic rings. The molecule has 3 aromatic heterocycles. The minimum atomic E-state index is -0.0517. The standard InChI is InChI=1S/C26H28Cl2N6O2S2/c1-2-37-24-18(4-3-7-30-24)25(35)33-8-5-17(6-9-33)23-31-21(16-38-23)26(36)34-12-10-32(11-13-34)22-19(27)14-29-15-20(22)28/h3-4,7,14-17H,2,5-6,8-13H2,1H3. The van der Waals surface area contributed by atoms with Gasteiger partial charge in [-0.05, 0) is 30.7 Å². The Morgan fingerprint density at radius 1 is 1.03 bits per heavy atom. The van der Waals surface area contributed by atoms with Crippen molar-refractivity contribution < 1.29 is 9.59 Å². The minimum absolute atomic E-state index is 0.0380. The van der Waals surface area contributed by atoms with Crippen LogP contribution >= 0.6 is 46.3 Å². The van der Waals surface area contributed by atoms with Crippen LogP contribution in [0.15, 0.2) is 41.1 Å². The zero-order valence-electron chi connectivity index (χ0n) is 21.0. The van der Waals surface area contributed by atoms with E-state index >= 15 is 0 Å². The molecule has 0 bridgehead atoms. The van der Waals surface area contributed by atoms with Crippen molar-refractivity contribution in [3.05, 3.63) is 62.4 Å². The Hall–Kier alpha value is -2.40. The zero-order chi connectivity index (χ0) is 26.6. The van der Waals surface area contributed by atoms with E-state index in [2.05, 4.69) is 21.8 Å². The van der Waals surface area contributed by atoms with E-state index in [0.29, 0.717) is 60.6 Å². The fourth-order valence-electron chi connectivity index (χ4n) is 4.88. The number of piperidine rings is 1. The highest BCUT2D eigenvalue weighted by Crippen LogP contribution is 2.34. The van der Waals surface area contributed by atoms with Gasteiger partial charge in [-0.1, -0.05) is 30.1 Å². The number of piperazine rings is 1. The Bertz CT molecular complexity index is 1290. The first-order chi connectivity index (χ1) is 18.5. The van der Waals surface area contributed by atoms with Crippen LogP contribution in [0.4, 0.5) is 5.69 Å². The van der Waals surface area contributed by atoms with Crippen molar-refractivity contribution in [2.75, 3.05) is 49.9 Å². The van der Waals surface area contributed by atoms with Gasteiger partial charge in [0, 0.05) is 69.2 Å². The lowest BCUT2D eigenvalue weighted by Gasteiger charge is -2.36. The number of aromatic nitrogens is 3. The summed E-state index contributed by atoms with van der Waals surface area (Å²) in [5.41, 5.74) is 1.93. The predicted octanol–water partition coefficient (Wildman–Crippen LogP) is 5.33. The van der Waals surface area contributed by atoms with Gasteiger partial charge in [-0.3, -0.25) is 14.6 Å². The first-order valence-corrected chi connectivity index (χ1v) is 15.2. The number of thiazole rings is 1. The van der Waals surface area contributed by atoms with Gasteiger partial charge in [0.1, 0.15) is 10.7 Å². The lowest BCUT2D eigenvalue weighted by molar-refractivity contribution is 0.0708. The van der Waals surface area contributed by atoms with Crippen molar-refractivity contribution >= 4 is 63.8 Å². The smallest absolute Gasteiger partial charge is 0.273 e. The molecule has 5 rings (SSSR count). The largest absolute Gasteiger partial charge is 0.365 e. The summed E-state index contributed by atoms with van der Waals surface area (Å²) in [4.78, 5) is 45.3. The second-order valence-electron chi connectivity index (χ2n) is 9.16. The van der Waals surface area contributed by atoms with E-state index in [4.69, 9.17) is 28.2 Å². The molecule has 200 valence electrons. The molecule has 5 heterocycles. The van der Waals surface area contributed by atoms with E-state index in [0.717, 1.165) is 34.3 Å². The molecule has 0 radical (unpaired) electrons. The number of carbonyl (C=O) groups excluding carboxylic acids is 2. The summed E-state index contributed by atoms with van der Waals surface area (Å²) in [6.45, 7) is 5.78. The molecule has 3 aromatic rings. The normalized spacial score (nSPS) is 16.7. The fourth-order valence-corrected chi connectivity index (χ4v) is 7.17. The van der Waals surface area contributed by atoms with Crippen LogP contribution in [0.3, 0.4) is 0 Å². The van der Waals surface area contributed by atoms with Crippen molar-refractivity contribution in [2.45, 2.75) is 30.7 Å². The number of hydrogen-bond acceptors (Lipinski definition) is 8. The van der Waals surface area contributed by atoms with Crippen LogP contribution in [0.2, 0.25) is 10.0 Å². The highest BCUT2D eigenvalue weighted by atomic mass is 35.5. The lowest BCUT2D eigenvalue weighted by Crippen LogP contribution is -2.49. The van der Waals surface area contributed by atoms with Gasteiger partial charge in [0.2, 0.25) is 0 Å². The van der Waals surface area contributed by atoms with Crippen molar-refractivity contribution in [3.63, 3.8) is 0 Å². The number of likely N-dealkylation sites (tertiary alicyclic amines) is 1. The van der Waals surface area contributed by atoms with Gasteiger partial charge in [-0.2, -0.15) is 0 Å². The van der Waals surface area contributed by atoms with Gasteiger partial charge in [0.25, 0.3) is 11.8 Å². The molecule has 2 aliphatic heterocycles. The monoisotopic (exact) mass is 590 g/mol. The Morgan fingerprint density at radius 3 is 2.39 bits per heavy atom. The van der Waals surface area contributed by atoms with E-state index in [1.807, 2.05) is 27.3 Å². The van der Waals surface area contributed by atoms with E-state index in [1.54, 1.807) is 30.4 Å². The molecule has 2 amide bonds. The summed E-state index contributed by atoms with van der Waals surface area (Å²) in [6, 6.07) is 3.68.